The molecule has 0 spiro atoms. The second-order valence-electron chi connectivity index (χ2n) is 4.32. The van der Waals surface area contributed by atoms with Crippen LogP contribution in [0.1, 0.15) is 33.6 Å². The Morgan fingerprint density at radius 3 is 2.62 bits per heavy atom. The summed E-state index contributed by atoms with van der Waals surface area (Å²) in [6.45, 7) is 10.1. The maximum Gasteiger partial charge on any atom is 0.221 e. The van der Waals surface area contributed by atoms with Crippen LogP contribution < -0.4 is 10.6 Å². The predicted molar refractivity (Wildman–Crippen MR) is 66.4 cm³/mol. The van der Waals surface area contributed by atoms with Gasteiger partial charge in [-0.2, -0.15) is 0 Å². The van der Waals surface area contributed by atoms with Gasteiger partial charge >= 0.3 is 0 Å². The van der Waals surface area contributed by atoms with Gasteiger partial charge in [0.2, 0.25) is 5.91 Å². The Labute approximate surface area is 99.1 Å². The highest BCUT2D eigenvalue weighted by molar-refractivity contribution is 5.75. The van der Waals surface area contributed by atoms with Crippen LogP contribution in [0.5, 0.6) is 0 Å². The summed E-state index contributed by atoms with van der Waals surface area (Å²) in [6, 6.07) is 0. The average molecular weight is 230 g/mol. The van der Waals surface area contributed by atoms with Crippen LogP contribution in [0.2, 0.25) is 0 Å². The molecule has 0 saturated heterocycles. The van der Waals surface area contributed by atoms with Gasteiger partial charge in [0.15, 0.2) is 0 Å². The molecule has 0 rings (SSSR count). The van der Waals surface area contributed by atoms with Crippen molar-refractivity contribution in [2.24, 2.45) is 5.92 Å². The molecule has 4 heteroatoms. The average Bonchev–Trinajstić information content (AvgIpc) is 2.24. The van der Waals surface area contributed by atoms with E-state index in [4.69, 9.17) is 4.74 Å². The fourth-order valence-electron chi connectivity index (χ4n) is 1.14. The molecule has 0 aliphatic carbocycles. The molecule has 16 heavy (non-hydrogen) atoms. The van der Waals surface area contributed by atoms with Gasteiger partial charge in [-0.05, 0) is 12.3 Å². The minimum atomic E-state index is 0.123. The monoisotopic (exact) mass is 230 g/mol. The molecule has 0 aromatic heterocycles. The van der Waals surface area contributed by atoms with Crippen LogP contribution in [0.3, 0.4) is 0 Å². The third kappa shape index (κ3) is 11.5. The van der Waals surface area contributed by atoms with Crippen molar-refractivity contribution in [1.29, 1.82) is 0 Å². The summed E-state index contributed by atoms with van der Waals surface area (Å²) >= 11 is 0. The topological polar surface area (TPSA) is 50.4 Å². The summed E-state index contributed by atoms with van der Waals surface area (Å²) in [7, 11) is 0. The first kappa shape index (κ1) is 15.4. The van der Waals surface area contributed by atoms with Gasteiger partial charge in [-0.3, -0.25) is 4.79 Å². The molecule has 0 aromatic carbocycles. The van der Waals surface area contributed by atoms with Crippen molar-refractivity contribution in [2.75, 3.05) is 32.8 Å². The molecule has 0 bridgehead atoms. The van der Waals surface area contributed by atoms with Crippen LogP contribution in [0, 0.1) is 5.92 Å². The molecule has 0 atom stereocenters. The summed E-state index contributed by atoms with van der Waals surface area (Å²) < 4.78 is 5.40. The zero-order valence-electron chi connectivity index (χ0n) is 10.8. The lowest BCUT2D eigenvalue weighted by molar-refractivity contribution is -0.120. The summed E-state index contributed by atoms with van der Waals surface area (Å²) in [4.78, 5) is 11.2. The van der Waals surface area contributed by atoms with E-state index >= 15 is 0 Å². The molecular weight excluding hydrogens is 204 g/mol. The molecule has 0 aliphatic rings. The van der Waals surface area contributed by atoms with Gasteiger partial charge in [0.1, 0.15) is 0 Å². The fraction of sp³-hybridized carbons (Fsp3) is 0.917. The zero-order valence-corrected chi connectivity index (χ0v) is 10.8. The van der Waals surface area contributed by atoms with Crippen LogP contribution in [-0.2, 0) is 9.53 Å². The first-order valence-corrected chi connectivity index (χ1v) is 6.22. The van der Waals surface area contributed by atoms with Gasteiger partial charge in [-0.1, -0.05) is 20.8 Å². The third-order valence-corrected chi connectivity index (χ3v) is 1.98. The molecule has 96 valence electrons. The molecule has 0 aliphatic heterocycles. The summed E-state index contributed by atoms with van der Waals surface area (Å²) in [5, 5.41) is 6.02. The number of nitrogens with one attached hydrogen (secondary N) is 2. The molecule has 1 amide bonds. The van der Waals surface area contributed by atoms with Crippen molar-refractivity contribution in [1.82, 2.24) is 10.6 Å². The number of ether oxygens (including phenoxy) is 1. The Bertz CT molecular complexity index is 172. The van der Waals surface area contributed by atoms with Gasteiger partial charge in [0, 0.05) is 32.7 Å². The maximum absolute atomic E-state index is 11.2. The third-order valence-electron chi connectivity index (χ3n) is 1.98. The quantitative estimate of drug-likeness (QED) is 0.554. The Kier molecular flexibility index (Phi) is 10.5. The second kappa shape index (κ2) is 10.9. The maximum atomic E-state index is 11.2. The lowest BCUT2D eigenvalue weighted by Gasteiger charge is -2.08. The SMILES string of the molecule is CCCNC(=O)CCNCCOCC(C)C. The number of amides is 1. The second-order valence-corrected chi connectivity index (χ2v) is 4.32. The minimum Gasteiger partial charge on any atom is -0.380 e. The normalized spacial score (nSPS) is 10.8. The van der Waals surface area contributed by atoms with Crippen molar-refractivity contribution in [3.8, 4) is 0 Å². The Balaban J connectivity index is 3.11. The van der Waals surface area contributed by atoms with Crippen molar-refractivity contribution >= 4 is 5.91 Å². The number of carbonyl (C=O) groups excluding carboxylic acids is 1. The first-order valence-electron chi connectivity index (χ1n) is 6.22. The summed E-state index contributed by atoms with van der Waals surface area (Å²) in [6.07, 6.45) is 1.53. The number of hydrogen-bond acceptors (Lipinski definition) is 3. The van der Waals surface area contributed by atoms with Crippen LogP contribution in [0.4, 0.5) is 0 Å². The van der Waals surface area contributed by atoms with E-state index in [1.54, 1.807) is 0 Å². The Morgan fingerprint density at radius 2 is 2.00 bits per heavy atom. The Morgan fingerprint density at radius 1 is 1.25 bits per heavy atom. The van der Waals surface area contributed by atoms with E-state index in [1.807, 2.05) is 6.92 Å². The molecule has 0 radical (unpaired) electrons. The molecule has 0 unspecified atom stereocenters. The van der Waals surface area contributed by atoms with Gasteiger partial charge < -0.3 is 15.4 Å². The van der Waals surface area contributed by atoms with Gasteiger partial charge in [0.05, 0.1) is 6.61 Å². The smallest absolute Gasteiger partial charge is 0.221 e. The summed E-state index contributed by atoms with van der Waals surface area (Å²) in [5.74, 6) is 0.706. The van der Waals surface area contributed by atoms with Crippen LogP contribution in [0.15, 0.2) is 0 Å². The van der Waals surface area contributed by atoms with Gasteiger partial charge in [-0.25, -0.2) is 0 Å². The molecule has 0 heterocycles. The standard InChI is InChI=1S/C12H26N2O2/c1-4-6-14-12(15)5-7-13-8-9-16-10-11(2)3/h11,13H,4-10H2,1-3H3,(H,14,15). The highest BCUT2D eigenvalue weighted by atomic mass is 16.5. The predicted octanol–water partition coefficient (Wildman–Crippen LogP) is 1.16. The van der Waals surface area contributed by atoms with Gasteiger partial charge in [-0.15, -0.1) is 0 Å². The zero-order chi connectivity index (χ0) is 12.2. The molecule has 0 fully saturated rings. The van der Waals surface area contributed by atoms with E-state index in [0.717, 1.165) is 39.3 Å². The van der Waals surface area contributed by atoms with E-state index in [2.05, 4.69) is 24.5 Å². The van der Waals surface area contributed by atoms with Gasteiger partial charge in [0.25, 0.3) is 0 Å². The van der Waals surface area contributed by atoms with Crippen molar-refractivity contribution in [2.45, 2.75) is 33.6 Å². The number of carbonyl (C=O) groups is 1. The van der Waals surface area contributed by atoms with Crippen LogP contribution >= 0.6 is 0 Å². The van der Waals surface area contributed by atoms with E-state index in [-0.39, 0.29) is 5.91 Å². The van der Waals surface area contributed by atoms with Crippen LogP contribution in [-0.4, -0.2) is 38.8 Å². The van der Waals surface area contributed by atoms with E-state index in [9.17, 15) is 4.79 Å². The first-order chi connectivity index (χ1) is 7.66. The highest BCUT2D eigenvalue weighted by Gasteiger charge is 1.98. The van der Waals surface area contributed by atoms with Crippen LogP contribution in [0.25, 0.3) is 0 Å². The van der Waals surface area contributed by atoms with Crippen molar-refractivity contribution in [3.05, 3.63) is 0 Å². The molecule has 2 N–H and O–H groups in total. The minimum absolute atomic E-state index is 0.123. The van der Waals surface area contributed by atoms with E-state index in [1.165, 1.54) is 0 Å². The largest absolute Gasteiger partial charge is 0.380 e. The van der Waals surface area contributed by atoms with E-state index in [0.29, 0.717) is 12.3 Å². The molecule has 0 aromatic rings. The number of hydrogen-bond donors (Lipinski definition) is 2. The molecule has 0 saturated carbocycles. The lowest BCUT2D eigenvalue weighted by Crippen LogP contribution is -2.29. The lowest BCUT2D eigenvalue weighted by atomic mass is 10.2. The molecule has 4 nitrogen and oxygen atoms in total. The molecular formula is C12H26N2O2. The van der Waals surface area contributed by atoms with Crippen molar-refractivity contribution in [3.63, 3.8) is 0 Å². The highest BCUT2D eigenvalue weighted by Crippen LogP contribution is 1.90. The Hall–Kier alpha value is -0.610. The van der Waals surface area contributed by atoms with Crippen molar-refractivity contribution < 1.29 is 9.53 Å². The fourth-order valence-corrected chi connectivity index (χ4v) is 1.14. The summed E-state index contributed by atoms with van der Waals surface area (Å²) in [5.41, 5.74) is 0. The number of rotatable bonds is 10. The van der Waals surface area contributed by atoms with E-state index < -0.39 is 0 Å².